The SMILES string of the molecule is CC.CCC.II.I[I-]I.[CH3-].[Y]. The fourth-order valence-corrected chi connectivity index (χ4v) is 0. The molecule has 0 aliphatic carbocycles. The molecule has 0 saturated heterocycles. The first-order chi connectivity index (χ1) is 4.83. The molecule has 0 nitrogen and oxygen atoms in total. The third-order valence-electron chi connectivity index (χ3n) is 0. The molecular formula is C6H17I5Y-2. The Morgan fingerprint density at radius 1 is 1.00 bits per heavy atom. The topological polar surface area (TPSA) is 0 Å². The molecule has 1 radical (unpaired) electrons. The third kappa shape index (κ3) is 123. The van der Waals surface area contributed by atoms with Crippen LogP contribution in [-0.4, -0.2) is 0 Å². The van der Waals surface area contributed by atoms with Crippen LogP contribution in [0.5, 0.6) is 0 Å². The smallest absolute Gasteiger partial charge is 0 e. The molecule has 81 valence electrons. The molecule has 0 heterocycles. The monoisotopic (exact) mass is 813 g/mol. The average molecular weight is 813 g/mol. The minimum absolute atomic E-state index is 0. The number of halogens is 5. The Hall–Kier alpha value is 4.75. The van der Waals surface area contributed by atoms with Gasteiger partial charge in [0.15, 0.2) is 0 Å². The van der Waals surface area contributed by atoms with Crippen LogP contribution in [-0.2, 0) is 32.7 Å². The summed E-state index contributed by atoms with van der Waals surface area (Å²) in [5, 5.41) is 0. The van der Waals surface area contributed by atoms with Gasteiger partial charge in [-0.05, 0) is 0 Å². The molecule has 0 bridgehead atoms. The van der Waals surface area contributed by atoms with Gasteiger partial charge >= 0.3 is 50.5 Å². The van der Waals surface area contributed by atoms with Gasteiger partial charge in [-0.2, -0.15) is 0 Å². The summed E-state index contributed by atoms with van der Waals surface area (Å²) in [6.45, 7) is 8.25. The summed E-state index contributed by atoms with van der Waals surface area (Å²) >= 11 is 9.54. The standard InChI is InChI=1S/C3H8.C2H6.CH3.I3.I2.Y/c1-3-2;1-2;;1-3-2;1-2;/h3H2,1-2H3;1-2H3;1H3;;;/q;;2*-1;;. The Labute approximate surface area is 158 Å². The van der Waals surface area contributed by atoms with Crippen LogP contribution in [0.25, 0.3) is 0 Å². The molecule has 0 spiro atoms. The fraction of sp³-hybridized carbons (Fsp3) is 0.833. The second kappa shape index (κ2) is 75.2. The van der Waals surface area contributed by atoms with Crippen LogP contribution in [0.2, 0.25) is 0 Å². The van der Waals surface area contributed by atoms with E-state index in [1.807, 2.05) is 13.8 Å². The number of hydrogen-bond acceptors (Lipinski definition) is 0. The Kier molecular flexibility index (Phi) is 225. The summed E-state index contributed by atoms with van der Waals surface area (Å²) in [6.07, 6.45) is 1.25. The fourth-order valence-electron chi connectivity index (χ4n) is 0. The maximum absolute atomic E-state index is 2.39. The maximum Gasteiger partial charge on any atom is 0 e. The van der Waals surface area contributed by atoms with E-state index in [1.54, 1.807) is 0 Å². The molecule has 0 aromatic rings. The van der Waals surface area contributed by atoms with E-state index in [9.17, 15) is 0 Å². The average Bonchev–Trinajstić information content (AvgIpc) is 1.99. The van der Waals surface area contributed by atoms with Gasteiger partial charge in [-0.25, -0.2) is 0 Å². The quantitative estimate of drug-likeness (QED) is 0.260. The van der Waals surface area contributed by atoms with Crippen LogP contribution in [0, 0.1) is 7.43 Å². The largest absolute Gasteiger partial charge is 0.358 e. The van der Waals surface area contributed by atoms with Gasteiger partial charge in [0, 0.05) is 69.9 Å². The second-order valence-electron chi connectivity index (χ2n) is 0.761. The van der Waals surface area contributed by atoms with Gasteiger partial charge in [0.2, 0.25) is 0 Å². The minimum atomic E-state index is 0. The van der Waals surface area contributed by atoms with Crippen LogP contribution in [0.1, 0.15) is 34.1 Å². The number of hydrogen-bond donors (Lipinski definition) is 0. The van der Waals surface area contributed by atoms with Crippen molar-refractivity contribution >= 4 is 74.5 Å². The Bertz CT molecular complexity index is 17.9. The molecule has 0 N–H and O–H groups in total. The number of rotatable bonds is 0. The van der Waals surface area contributed by atoms with Gasteiger partial charge in [-0.15, -0.1) is 0 Å². The van der Waals surface area contributed by atoms with Crippen molar-refractivity contribution in [1.82, 2.24) is 0 Å². The van der Waals surface area contributed by atoms with Gasteiger partial charge in [0.25, 0.3) is 0 Å². The van der Waals surface area contributed by atoms with E-state index in [0.29, 0.717) is 13.3 Å². The zero-order valence-corrected chi connectivity index (χ0v) is 21.8. The molecule has 0 aromatic carbocycles. The minimum Gasteiger partial charge on any atom is -0.358 e. The van der Waals surface area contributed by atoms with Gasteiger partial charge < -0.3 is 7.43 Å². The molecule has 0 atom stereocenters. The molecule has 0 aromatic heterocycles. The summed E-state index contributed by atoms with van der Waals surface area (Å²) in [5.74, 6) is 0. The normalized spacial score (nSPS) is 4.33. The molecule has 0 rings (SSSR count). The Balaban J connectivity index is -0.00000000967. The molecule has 0 saturated carbocycles. The molecule has 0 amide bonds. The van der Waals surface area contributed by atoms with Crippen LogP contribution in [0.3, 0.4) is 0 Å². The molecule has 12 heavy (non-hydrogen) atoms. The van der Waals surface area contributed by atoms with E-state index in [4.69, 9.17) is 0 Å². The predicted octanol–water partition coefficient (Wildman–Crippen LogP) is 3.44. The predicted molar refractivity (Wildman–Crippen MR) is 89.8 cm³/mol. The summed E-state index contributed by atoms with van der Waals surface area (Å²) in [6, 6.07) is 0. The molecule has 6 heteroatoms. The van der Waals surface area contributed by atoms with Crippen molar-refractivity contribution < 1.29 is 46.0 Å². The van der Waals surface area contributed by atoms with E-state index >= 15 is 0 Å². The van der Waals surface area contributed by atoms with Crippen molar-refractivity contribution in [2.45, 2.75) is 34.1 Å². The van der Waals surface area contributed by atoms with Crippen molar-refractivity contribution in [3.05, 3.63) is 7.43 Å². The van der Waals surface area contributed by atoms with Gasteiger partial charge in [0.05, 0.1) is 0 Å². The summed E-state index contributed by atoms with van der Waals surface area (Å²) < 4.78 is 0. The van der Waals surface area contributed by atoms with Crippen LogP contribution in [0.15, 0.2) is 0 Å². The molecule has 0 aliphatic rings. The summed E-state index contributed by atoms with van der Waals surface area (Å²) in [4.78, 5) is 0. The van der Waals surface area contributed by atoms with Gasteiger partial charge in [-0.1, -0.05) is 34.1 Å². The molecule has 0 unspecified atom stereocenters. The van der Waals surface area contributed by atoms with Crippen LogP contribution < -0.4 is 13.3 Å². The zero-order valence-electron chi connectivity index (χ0n) is 8.17. The van der Waals surface area contributed by atoms with Crippen molar-refractivity contribution in [2.24, 2.45) is 0 Å². The second-order valence-corrected chi connectivity index (χ2v) is 17.0. The van der Waals surface area contributed by atoms with Crippen molar-refractivity contribution in [2.75, 3.05) is 0 Å². The Morgan fingerprint density at radius 2 is 1.00 bits per heavy atom. The first kappa shape index (κ1) is 36.0. The van der Waals surface area contributed by atoms with Crippen LogP contribution >= 0.6 is 74.5 Å². The van der Waals surface area contributed by atoms with E-state index in [0.717, 1.165) is 0 Å². The van der Waals surface area contributed by atoms with Crippen molar-refractivity contribution in [3.8, 4) is 0 Å². The first-order valence-corrected chi connectivity index (χ1v) is 21.7. The molecule has 0 aliphatic heterocycles. The maximum atomic E-state index is 2.39. The van der Waals surface area contributed by atoms with E-state index in [2.05, 4.69) is 88.3 Å². The molecule has 0 fully saturated rings. The third-order valence-corrected chi connectivity index (χ3v) is 0. The van der Waals surface area contributed by atoms with Gasteiger partial charge in [-0.3, -0.25) is 0 Å². The van der Waals surface area contributed by atoms with Gasteiger partial charge in [0.1, 0.15) is 0 Å². The zero-order chi connectivity index (χ0) is 9.41. The summed E-state index contributed by atoms with van der Waals surface area (Å²) in [7, 11) is 0. The van der Waals surface area contributed by atoms with Crippen molar-refractivity contribution in [1.29, 1.82) is 0 Å². The Morgan fingerprint density at radius 3 is 1.00 bits per heavy atom. The van der Waals surface area contributed by atoms with E-state index in [1.165, 1.54) is 6.42 Å². The first-order valence-electron chi connectivity index (χ1n) is 2.84. The van der Waals surface area contributed by atoms with Crippen LogP contribution in [0.4, 0.5) is 0 Å². The van der Waals surface area contributed by atoms with Crippen molar-refractivity contribution in [3.63, 3.8) is 0 Å². The summed E-state index contributed by atoms with van der Waals surface area (Å²) in [5.41, 5.74) is 0. The van der Waals surface area contributed by atoms with E-state index < -0.39 is 0 Å². The molecular weight excluding hydrogens is 795 g/mol. The van der Waals surface area contributed by atoms with E-state index in [-0.39, 0.29) is 40.1 Å².